The quantitative estimate of drug-likeness (QED) is 0.858. The predicted molar refractivity (Wildman–Crippen MR) is 82.5 cm³/mol. The summed E-state index contributed by atoms with van der Waals surface area (Å²) in [6.07, 6.45) is 4.00. The highest BCUT2D eigenvalue weighted by Gasteiger charge is 2.12. The van der Waals surface area contributed by atoms with Crippen molar-refractivity contribution >= 4 is 17.6 Å². The van der Waals surface area contributed by atoms with E-state index in [-0.39, 0.29) is 5.54 Å². The number of anilines is 1. The first-order chi connectivity index (χ1) is 8.44. The van der Waals surface area contributed by atoms with Crippen LogP contribution < -0.4 is 10.2 Å². The molecule has 0 atom stereocenters. The molecule has 3 nitrogen and oxygen atoms in total. The first-order valence-corrected chi connectivity index (χ1v) is 7.72. The fourth-order valence-corrected chi connectivity index (χ4v) is 2.06. The van der Waals surface area contributed by atoms with E-state index in [1.54, 1.807) is 0 Å². The maximum absolute atomic E-state index is 4.51. The van der Waals surface area contributed by atoms with Gasteiger partial charge in [-0.3, -0.25) is 0 Å². The van der Waals surface area contributed by atoms with Gasteiger partial charge in [-0.15, -0.1) is 0 Å². The number of pyridine rings is 1. The summed E-state index contributed by atoms with van der Waals surface area (Å²) >= 11 is 1.86. The van der Waals surface area contributed by atoms with Crippen molar-refractivity contribution in [2.75, 3.05) is 30.5 Å². The first-order valence-electron chi connectivity index (χ1n) is 6.33. The molecule has 0 aromatic carbocycles. The Kier molecular flexibility index (Phi) is 5.96. The third-order valence-electron chi connectivity index (χ3n) is 2.67. The van der Waals surface area contributed by atoms with E-state index in [2.05, 4.69) is 55.3 Å². The minimum Gasteiger partial charge on any atom is -0.359 e. The molecular weight excluding hydrogens is 242 g/mol. The number of nitrogens with zero attached hydrogens (tertiary/aromatic N) is 2. The maximum Gasteiger partial charge on any atom is 0.132 e. The molecule has 4 heteroatoms. The van der Waals surface area contributed by atoms with Gasteiger partial charge in [0.1, 0.15) is 5.82 Å². The Morgan fingerprint density at radius 2 is 2.11 bits per heavy atom. The summed E-state index contributed by atoms with van der Waals surface area (Å²) in [5, 5.41) is 3.52. The third-order valence-corrected chi connectivity index (χ3v) is 3.26. The van der Waals surface area contributed by atoms with Crippen molar-refractivity contribution in [3.05, 3.63) is 23.9 Å². The average molecular weight is 267 g/mol. The summed E-state index contributed by atoms with van der Waals surface area (Å²) in [4.78, 5) is 6.74. The van der Waals surface area contributed by atoms with Gasteiger partial charge < -0.3 is 10.2 Å². The molecule has 18 heavy (non-hydrogen) atoms. The SMILES string of the molecule is CSCCN(C)c1ncccc1CNC(C)(C)C. The Morgan fingerprint density at radius 1 is 1.39 bits per heavy atom. The summed E-state index contributed by atoms with van der Waals surface area (Å²) in [6.45, 7) is 8.43. The summed E-state index contributed by atoms with van der Waals surface area (Å²) in [6, 6.07) is 4.16. The van der Waals surface area contributed by atoms with Crippen molar-refractivity contribution in [3.63, 3.8) is 0 Å². The minimum atomic E-state index is 0.130. The van der Waals surface area contributed by atoms with Crippen LogP contribution in [0.2, 0.25) is 0 Å². The van der Waals surface area contributed by atoms with Crippen molar-refractivity contribution in [3.8, 4) is 0 Å². The lowest BCUT2D eigenvalue weighted by molar-refractivity contribution is 0.424. The second-order valence-corrected chi connectivity index (χ2v) is 6.49. The van der Waals surface area contributed by atoms with Crippen LogP contribution in [0.15, 0.2) is 18.3 Å². The second kappa shape index (κ2) is 7.00. The van der Waals surface area contributed by atoms with Gasteiger partial charge in [-0.25, -0.2) is 4.98 Å². The topological polar surface area (TPSA) is 28.2 Å². The van der Waals surface area contributed by atoms with E-state index >= 15 is 0 Å². The fourth-order valence-electron chi connectivity index (χ4n) is 1.61. The Hall–Kier alpha value is -0.740. The van der Waals surface area contributed by atoms with E-state index in [0.717, 1.165) is 24.7 Å². The van der Waals surface area contributed by atoms with E-state index in [9.17, 15) is 0 Å². The van der Waals surface area contributed by atoms with Crippen molar-refractivity contribution in [1.29, 1.82) is 0 Å². The molecule has 0 fully saturated rings. The molecule has 1 N–H and O–H groups in total. The van der Waals surface area contributed by atoms with Crippen LogP contribution in [0.5, 0.6) is 0 Å². The molecule has 0 aliphatic carbocycles. The standard InChI is InChI=1S/C14H25N3S/c1-14(2,3)16-11-12-7-6-8-15-13(12)17(4)9-10-18-5/h6-8,16H,9-11H2,1-5H3. The number of hydrogen-bond donors (Lipinski definition) is 1. The van der Waals surface area contributed by atoms with Crippen LogP contribution in [0, 0.1) is 0 Å². The van der Waals surface area contributed by atoms with Gasteiger partial charge in [-0.2, -0.15) is 11.8 Å². The van der Waals surface area contributed by atoms with E-state index < -0.39 is 0 Å². The molecule has 0 spiro atoms. The minimum absolute atomic E-state index is 0.130. The zero-order valence-electron chi connectivity index (χ0n) is 12.2. The van der Waals surface area contributed by atoms with Crippen molar-refractivity contribution in [1.82, 2.24) is 10.3 Å². The van der Waals surface area contributed by atoms with Gasteiger partial charge >= 0.3 is 0 Å². The lowest BCUT2D eigenvalue weighted by Gasteiger charge is -2.24. The fraction of sp³-hybridized carbons (Fsp3) is 0.643. The molecule has 0 bridgehead atoms. The van der Waals surface area contributed by atoms with E-state index in [4.69, 9.17) is 0 Å². The Morgan fingerprint density at radius 3 is 2.72 bits per heavy atom. The summed E-state index contributed by atoms with van der Waals surface area (Å²) in [5.74, 6) is 2.21. The van der Waals surface area contributed by atoms with Crippen molar-refractivity contribution in [2.24, 2.45) is 0 Å². The number of thioether (sulfide) groups is 1. The van der Waals surface area contributed by atoms with Crippen LogP contribution in [0.1, 0.15) is 26.3 Å². The smallest absolute Gasteiger partial charge is 0.132 e. The molecular formula is C14H25N3S. The largest absolute Gasteiger partial charge is 0.359 e. The Bertz CT molecular complexity index is 360. The molecule has 102 valence electrons. The van der Waals surface area contributed by atoms with Gasteiger partial charge in [0.05, 0.1) is 0 Å². The van der Waals surface area contributed by atoms with E-state index in [0.29, 0.717) is 0 Å². The molecule has 0 saturated heterocycles. The first kappa shape index (κ1) is 15.3. The lowest BCUT2D eigenvalue weighted by Crippen LogP contribution is -2.35. The van der Waals surface area contributed by atoms with Crippen LogP contribution in [0.25, 0.3) is 0 Å². The summed E-state index contributed by atoms with van der Waals surface area (Å²) in [5.41, 5.74) is 1.39. The number of rotatable bonds is 6. The number of nitrogens with one attached hydrogen (secondary N) is 1. The average Bonchev–Trinajstić information content (AvgIpc) is 2.33. The molecule has 1 aromatic rings. The maximum atomic E-state index is 4.51. The van der Waals surface area contributed by atoms with Gasteiger partial charge in [0.2, 0.25) is 0 Å². The van der Waals surface area contributed by atoms with Crippen molar-refractivity contribution in [2.45, 2.75) is 32.9 Å². The third kappa shape index (κ3) is 5.27. The molecule has 0 aliphatic rings. The van der Waals surface area contributed by atoms with Crippen LogP contribution in [-0.2, 0) is 6.54 Å². The number of hydrogen-bond acceptors (Lipinski definition) is 4. The summed E-state index contributed by atoms with van der Waals surface area (Å²) in [7, 11) is 2.11. The predicted octanol–water partition coefficient (Wildman–Crippen LogP) is 2.77. The van der Waals surface area contributed by atoms with Gasteiger partial charge in [-0.1, -0.05) is 6.07 Å². The van der Waals surface area contributed by atoms with Crippen LogP contribution in [0.3, 0.4) is 0 Å². The molecule has 1 rings (SSSR count). The van der Waals surface area contributed by atoms with Crippen LogP contribution >= 0.6 is 11.8 Å². The zero-order chi connectivity index (χ0) is 13.6. The zero-order valence-corrected chi connectivity index (χ0v) is 13.0. The second-order valence-electron chi connectivity index (χ2n) is 5.50. The van der Waals surface area contributed by atoms with Crippen LogP contribution in [-0.4, -0.2) is 36.1 Å². The molecule has 0 radical (unpaired) electrons. The van der Waals surface area contributed by atoms with Crippen molar-refractivity contribution < 1.29 is 0 Å². The molecule has 0 aliphatic heterocycles. The highest BCUT2D eigenvalue weighted by Crippen LogP contribution is 2.17. The number of aromatic nitrogens is 1. The van der Waals surface area contributed by atoms with Gasteiger partial charge in [0.15, 0.2) is 0 Å². The molecule has 1 aromatic heterocycles. The Labute approximate surface area is 115 Å². The van der Waals surface area contributed by atoms with E-state index in [1.165, 1.54) is 5.56 Å². The van der Waals surface area contributed by atoms with E-state index in [1.807, 2.05) is 24.0 Å². The lowest BCUT2D eigenvalue weighted by atomic mass is 10.1. The van der Waals surface area contributed by atoms with Gasteiger partial charge in [0, 0.05) is 43.2 Å². The van der Waals surface area contributed by atoms with Gasteiger partial charge in [-0.05, 0) is 33.1 Å². The van der Waals surface area contributed by atoms with Crippen LogP contribution in [0.4, 0.5) is 5.82 Å². The molecule has 0 saturated carbocycles. The summed E-state index contributed by atoms with van der Waals surface area (Å²) < 4.78 is 0. The molecule has 0 unspecified atom stereocenters. The highest BCUT2D eigenvalue weighted by molar-refractivity contribution is 7.98. The monoisotopic (exact) mass is 267 g/mol. The normalized spacial score (nSPS) is 11.6. The Balaban J connectivity index is 2.72. The highest BCUT2D eigenvalue weighted by atomic mass is 32.2. The molecule has 1 heterocycles. The molecule has 0 amide bonds. The van der Waals surface area contributed by atoms with Gasteiger partial charge in [0.25, 0.3) is 0 Å².